The Kier molecular flexibility index (Phi) is 3.99. The number of amides is 1. The van der Waals surface area contributed by atoms with Crippen LogP contribution in [-0.2, 0) is 0 Å². The first-order chi connectivity index (χ1) is 13.8. The molecule has 136 valence electrons. The van der Waals surface area contributed by atoms with Crippen LogP contribution in [0.15, 0.2) is 76.0 Å². The maximum Gasteiger partial charge on any atom is 0.256 e. The summed E-state index contributed by atoms with van der Waals surface area (Å²) >= 11 is 1.49. The number of aromatic amines is 1. The molecule has 0 unspecified atom stereocenters. The van der Waals surface area contributed by atoms with Gasteiger partial charge >= 0.3 is 0 Å². The number of carbonyl (C=O) groups is 1. The van der Waals surface area contributed by atoms with Gasteiger partial charge in [-0.3, -0.25) is 9.89 Å². The fourth-order valence-electron chi connectivity index (χ4n) is 2.97. The molecule has 0 aliphatic heterocycles. The van der Waals surface area contributed by atoms with E-state index in [9.17, 15) is 4.79 Å². The smallest absolute Gasteiger partial charge is 0.256 e. The van der Waals surface area contributed by atoms with E-state index in [0.717, 1.165) is 33.6 Å². The van der Waals surface area contributed by atoms with E-state index in [1.807, 2.05) is 59.3 Å². The van der Waals surface area contributed by atoms with Crippen molar-refractivity contribution in [2.45, 2.75) is 0 Å². The number of rotatable bonds is 4. The van der Waals surface area contributed by atoms with Crippen molar-refractivity contribution in [3.8, 4) is 22.7 Å². The van der Waals surface area contributed by atoms with E-state index in [0.29, 0.717) is 11.5 Å². The molecular weight excluding hydrogens is 372 g/mol. The Labute approximate surface area is 163 Å². The van der Waals surface area contributed by atoms with Gasteiger partial charge in [0.15, 0.2) is 5.58 Å². The average Bonchev–Trinajstić information content (AvgIpc) is 3.48. The molecule has 0 saturated carbocycles. The van der Waals surface area contributed by atoms with Crippen LogP contribution in [-0.4, -0.2) is 21.1 Å². The first-order valence-corrected chi connectivity index (χ1v) is 9.56. The molecule has 5 rings (SSSR count). The first kappa shape index (κ1) is 16.5. The highest BCUT2D eigenvalue weighted by Crippen LogP contribution is 2.32. The molecule has 0 aliphatic rings. The van der Waals surface area contributed by atoms with Crippen molar-refractivity contribution in [3.05, 3.63) is 77.1 Å². The van der Waals surface area contributed by atoms with Crippen LogP contribution < -0.4 is 5.32 Å². The minimum Gasteiger partial charge on any atom is -0.436 e. The molecule has 0 fully saturated rings. The molecule has 0 radical (unpaired) electrons. The van der Waals surface area contributed by atoms with E-state index in [1.165, 1.54) is 11.3 Å². The first-order valence-electron chi connectivity index (χ1n) is 8.61. The third-order valence-electron chi connectivity index (χ3n) is 4.36. The summed E-state index contributed by atoms with van der Waals surface area (Å²) in [5.74, 6) is 0.390. The predicted molar refractivity (Wildman–Crippen MR) is 109 cm³/mol. The lowest BCUT2D eigenvalue weighted by Gasteiger charge is -2.05. The minimum absolute atomic E-state index is 0.124. The summed E-state index contributed by atoms with van der Waals surface area (Å²) in [5.41, 5.74) is 5.33. The highest BCUT2D eigenvalue weighted by atomic mass is 32.1. The van der Waals surface area contributed by atoms with E-state index < -0.39 is 0 Å². The van der Waals surface area contributed by atoms with Crippen LogP contribution in [0.1, 0.15) is 10.4 Å². The summed E-state index contributed by atoms with van der Waals surface area (Å²) in [6, 6.07) is 16.9. The molecule has 3 aromatic heterocycles. The molecule has 3 heterocycles. The molecule has 7 heteroatoms. The molecule has 2 N–H and O–H groups in total. The van der Waals surface area contributed by atoms with Crippen molar-refractivity contribution in [2.24, 2.45) is 0 Å². The van der Waals surface area contributed by atoms with Crippen LogP contribution in [0.3, 0.4) is 0 Å². The highest BCUT2D eigenvalue weighted by molar-refractivity contribution is 7.08. The number of hydrogen-bond donors (Lipinski definition) is 2. The van der Waals surface area contributed by atoms with Gasteiger partial charge in [0, 0.05) is 22.8 Å². The Morgan fingerprint density at radius 1 is 1.07 bits per heavy atom. The zero-order valence-corrected chi connectivity index (χ0v) is 15.4. The van der Waals surface area contributed by atoms with Gasteiger partial charge < -0.3 is 9.73 Å². The van der Waals surface area contributed by atoms with Crippen LogP contribution in [0.4, 0.5) is 5.69 Å². The van der Waals surface area contributed by atoms with Crippen LogP contribution in [0.2, 0.25) is 0 Å². The monoisotopic (exact) mass is 386 g/mol. The molecule has 0 spiro atoms. The van der Waals surface area contributed by atoms with Crippen molar-refractivity contribution in [1.82, 2.24) is 15.2 Å². The Morgan fingerprint density at radius 3 is 2.71 bits per heavy atom. The Morgan fingerprint density at radius 2 is 1.93 bits per heavy atom. The standard InChI is InChI=1S/C21H14N4O2S/c26-20(14-9-10-28-12-14)23-15-7-5-13(6-8-15)19-16(11-22-25-19)21-24-17-3-1-2-4-18(17)27-21/h1-12H,(H,22,25)(H,23,26). The Balaban J connectivity index is 1.43. The number of carbonyl (C=O) groups excluding carboxylic acids is 1. The van der Waals surface area contributed by atoms with E-state index in [1.54, 1.807) is 12.3 Å². The quantitative estimate of drug-likeness (QED) is 0.445. The maximum absolute atomic E-state index is 12.2. The molecular formula is C21H14N4O2S. The Hall–Kier alpha value is -3.71. The van der Waals surface area contributed by atoms with Crippen molar-refractivity contribution in [1.29, 1.82) is 0 Å². The number of nitrogens with zero attached hydrogens (tertiary/aromatic N) is 2. The lowest BCUT2D eigenvalue weighted by molar-refractivity contribution is 0.102. The van der Waals surface area contributed by atoms with Crippen molar-refractivity contribution >= 4 is 34.0 Å². The van der Waals surface area contributed by atoms with Crippen LogP contribution in [0.5, 0.6) is 0 Å². The molecule has 1 amide bonds. The second-order valence-electron chi connectivity index (χ2n) is 6.18. The number of aromatic nitrogens is 3. The molecule has 28 heavy (non-hydrogen) atoms. The van der Waals surface area contributed by atoms with Gasteiger partial charge in [0.2, 0.25) is 5.89 Å². The van der Waals surface area contributed by atoms with Gasteiger partial charge in [0.05, 0.1) is 11.1 Å². The van der Waals surface area contributed by atoms with Crippen molar-refractivity contribution in [2.75, 3.05) is 5.32 Å². The van der Waals surface area contributed by atoms with Gasteiger partial charge in [-0.25, -0.2) is 4.98 Å². The summed E-state index contributed by atoms with van der Waals surface area (Å²) in [7, 11) is 0. The van der Waals surface area contributed by atoms with Crippen molar-refractivity contribution in [3.63, 3.8) is 0 Å². The number of H-pyrrole nitrogens is 1. The fourth-order valence-corrected chi connectivity index (χ4v) is 3.60. The van der Waals surface area contributed by atoms with Gasteiger partial charge in [0.25, 0.3) is 5.91 Å². The summed E-state index contributed by atoms with van der Waals surface area (Å²) in [5, 5.41) is 13.8. The minimum atomic E-state index is -0.124. The Bertz CT molecular complexity index is 1220. The number of fused-ring (bicyclic) bond motifs is 1. The van der Waals surface area contributed by atoms with Gasteiger partial charge in [-0.05, 0) is 35.7 Å². The van der Waals surface area contributed by atoms with Gasteiger partial charge in [-0.2, -0.15) is 16.4 Å². The number of oxazole rings is 1. The number of nitrogens with one attached hydrogen (secondary N) is 2. The number of benzene rings is 2. The van der Waals surface area contributed by atoms with E-state index in [-0.39, 0.29) is 5.91 Å². The van der Waals surface area contributed by atoms with E-state index >= 15 is 0 Å². The van der Waals surface area contributed by atoms with Gasteiger partial charge in [-0.1, -0.05) is 24.3 Å². The summed E-state index contributed by atoms with van der Waals surface area (Å²) in [6.45, 7) is 0. The third-order valence-corrected chi connectivity index (χ3v) is 5.05. The lowest BCUT2D eigenvalue weighted by atomic mass is 10.1. The molecule has 2 aromatic carbocycles. The molecule has 0 saturated heterocycles. The summed E-state index contributed by atoms with van der Waals surface area (Å²) in [4.78, 5) is 16.7. The fraction of sp³-hybridized carbons (Fsp3) is 0. The lowest BCUT2D eigenvalue weighted by Crippen LogP contribution is -2.10. The van der Waals surface area contributed by atoms with Crippen LogP contribution in [0, 0.1) is 0 Å². The average molecular weight is 386 g/mol. The molecule has 0 aliphatic carbocycles. The third kappa shape index (κ3) is 2.97. The summed E-state index contributed by atoms with van der Waals surface area (Å²) < 4.78 is 5.87. The zero-order valence-electron chi connectivity index (χ0n) is 14.5. The SMILES string of the molecule is O=C(Nc1ccc(-c2n[nH]cc2-c2nc3ccccc3o2)cc1)c1ccsc1. The zero-order chi connectivity index (χ0) is 18.9. The van der Waals surface area contributed by atoms with Gasteiger partial charge in [0.1, 0.15) is 11.2 Å². The molecule has 6 nitrogen and oxygen atoms in total. The molecule has 0 bridgehead atoms. The maximum atomic E-state index is 12.2. The number of thiophene rings is 1. The highest BCUT2D eigenvalue weighted by Gasteiger charge is 2.16. The second kappa shape index (κ2) is 6.79. The topological polar surface area (TPSA) is 83.8 Å². The summed E-state index contributed by atoms with van der Waals surface area (Å²) in [6.07, 6.45) is 1.77. The van der Waals surface area contributed by atoms with E-state index in [2.05, 4.69) is 20.5 Å². The van der Waals surface area contributed by atoms with Crippen LogP contribution >= 0.6 is 11.3 Å². The normalized spacial score (nSPS) is 11.0. The number of hydrogen-bond acceptors (Lipinski definition) is 5. The molecule has 0 atom stereocenters. The predicted octanol–water partition coefficient (Wildman–Crippen LogP) is 5.20. The largest absolute Gasteiger partial charge is 0.436 e. The molecule has 5 aromatic rings. The van der Waals surface area contributed by atoms with Gasteiger partial charge in [-0.15, -0.1) is 0 Å². The van der Waals surface area contributed by atoms with Crippen LogP contribution in [0.25, 0.3) is 33.8 Å². The number of para-hydroxylation sites is 2. The van der Waals surface area contributed by atoms with Crippen molar-refractivity contribution < 1.29 is 9.21 Å². The number of anilines is 1. The van der Waals surface area contributed by atoms with E-state index in [4.69, 9.17) is 4.42 Å². The second-order valence-corrected chi connectivity index (χ2v) is 6.96.